The van der Waals surface area contributed by atoms with Crippen molar-refractivity contribution in [2.45, 2.75) is 0 Å². The topological polar surface area (TPSA) is 79.3 Å². The summed E-state index contributed by atoms with van der Waals surface area (Å²) in [4.78, 5) is 26.7. The third kappa shape index (κ3) is 5.25. The average molecular weight is 450 g/mol. The first-order valence-electron chi connectivity index (χ1n) is 9.74. The zero-order chi connectivity index (χ0) is 23.4. The van der Waals surface area contributed by atoms with Gasteiger partial charge < -0.3 is 15.5 Å². The van der Waals surface area contributed by atoms with E-state index in [0.29, 0.717) is 22.8 Å². The average Bonchev–Trinajstić information content (AvgIpc) is 3.13. The molecule has 7 nitrogen and oxygen atoms in total. The summed E-state index contributed by atoms with van der Waals surface area (Å²) in [5.41, 5.74) is 3.70. The van der Waals surface area contributed by atoms with Crippen molar-refractivity contribution in [3.63, 3.8) is 0 Å². The smallest absolute Gasteiger partial charge is 0.256 e. The van der Waals surface area contributed by atoms with Crippen LogP contribution in [0.4, 0.5) is 17.2 Å². The van der Waals surface area contributed by atoms with Crippen LogP contribution in [0.2, 0.25) is 0 Å². The molecule has 0 aliphatic carbocycles. The number of hydrogen-bond donors (Lipinski definition) is 2. The van der Waals surface area contributed by atoms with E-state index in [1.54, 1.807) is 36.0 Å². The van der Waals surface area contributed by atoms with Gasteiger partial charge in [0.05, 0.1) is 11.3 Å². The zero-order valence-corrected chi connectivity index (χ0v) is 18.9. The molecule has 1 heterocycles. The van der Waals surface area contributed by atoms with Gasteiger partial charge in [-0.2, -0.15) is 5.10 Å². The molecule has 0 saturated carbocycles. The number of carbonyl (C=O) groups is 2. The van der Waals surface area contributed by atoms with Gasteiger partial charge in [0.2, 0.25) is 0 Å². The molecule has 0 radical (unpaired) electrons. The highest BCUT2D eigenvalue weighted by atomic mass is 35.5. The van der Waals surface area contributed by atoms with Gasteiger partial charge in [-0.3, -0.25) is 14.3 Å². The molecule has 8 heteroatoms. The molecular weight excluding hydrogens is 426 g/mol. The fraction of sp³-hybridized carbons (Fsp3) is 0.125. The van der Waals surface area contributed by atoms with Crippen LogP contribution in [0, 0.1) is 0 Å². The minimum atomic E-state index is -0.418. The molecule has 0 unspecified atom stereocenters. The van der Waals surface area contributed by atoms with Crippen molar-refractivity contribution < 1.29 is 9.59 Å². The van der Waals surface area contributed by atoms with Gasteiger partial charge in [0, 0.05) is 54.7 Å². The Hall–Kier alpha value is -3.84. The summed E-state index contributed by atoms with van der Waals surface area (Å²) in [6.07, 6.45) is 0. The Labute approximate surface area is 192 Å². The molecule has 0 spiro atoms. The molecule has 0 fully saturated rings. The van der Waals surface area contributed by atoms with Crippen LogP contribution in [-0.2, 0) is 11.8 Å². The number of amides is 2. The first kappa shape index (κ1) is 22.8. The van der Waals surface area contributed by atoms with Gasteiger partial charge in [0.1, 0.15) is 5.82 Å². The third-order valence-electron chi connectivity index (χ3n) is 4.79. The number of carbonyl (C=O) groups excluding carboxylic acids is 2. The van der Waals surface area contributed by atoms with E-state index in [-0.39, 0.29) is 16.5 Å². The van der Waals surface area contributed by atoms with Crippen molar-refractivity contribution in [2.24, 2.45) is 7.05 Å². The Morgan fingerprint density at radius 3 is 2.34 bits per heavy atom. The summed E-state index contributed by atoms with van der Waals surface area (Å²) in [6.45, 7) is 7.09. The van der Waals surface area contributed by atoms with E-state index in [1.165, 1.54) is 0 Å². The number of rotatable bonds is 7. The van der Waals surface area contributed by atoms with Crippen molar-refractivity contribution in [2.75, 3.05) is 29.6 Å². The number of halogens is 1. The highest BCUT2D eigenvalue weighted by Crippen LogP contribution is 2.24. The first-order valence-corrected chi connectivity index (χ1v) is 10.1. The lowest BCUT2D eigenvalue weighted by atomic mass is 10.1. The van der Waals surface area contributed by atoms with Crippen LogP contribution >= 0.6 is 11.6 Å². The lowest BCUT2D eigenvalue weighted by Crippen LogP contribution is -2.16. The summed E-state index contributed by atoms with van der Waals surface area (Å²) in [5, 5.41) is 10.2. The molecule has 3 aromatic rings. The van der Waals surface area contributed by atoms with Crippen LogP contribution in [0.15, 0.2) is 78.4 Å². The standard InChI is InChI=1S/C24H24ClN5O2/c1-15(16(2)25)23(31)26-19-11-9-17(10-12-19)21-14-22(30(5)28-21)27-24(32)18-7-6-8-20(13-18)29(3)4/h6-14H,1-2H2,3-5H3,(H,26,31)(H,27,32). The van der Waals surface area contributed by atoms with Gasteiger partial charge >= 0.3 is 0 Å². The van der Waals surface area contributed by atoms with Crippen LogP contribution in [0.1, 0.15) is 10.4 Å². The molecule has 32 heavy (non-hydrogen) atoms. The van der Waals surface area contributed by atoms with Gasteiger partial charge in [-0.15, -0.1) is 0 Å². The number of aromatic nitrogens is 2. The normalized spacial score (nSPS) is 10.4. The first-order chi connectivity index (χ1) is 15.2. The van der Waals surface area contributed by atoms with E-state index in [9.17, 15) is 9.59 Å². The lowest BCUT2D eigenvalue weighted by molar-refractivity contribution is -0.112. The van der Waals surface area contributed by atoms with E-state index in [1.807, 2.05) is 49.3 Å². The van der Waals surface area contributed by atoms with Crippen molar-refractivity contribution in [3.05, 3.63) is 83.9 Å². The van der Waals surface area contributed by atoms with Crippen LogP contribution in [0.5, 0.6) is 0 Å². The summed E-state index contributed by atoms with van der Waals surface area (Å²) >= 11 is 5.71. The molecule has 0 atom stereocenters. The predicted molar refractivity (Wildman–Crippen MR) is 130 cm³/mol. The lowest BCUT2D eigenvalue weighted by Gasteiger charge is -2.13. The van der Waals surface area contributed by atoms with E-state index < -0.39 is 5.91 Å². The maximum atomic E-state index is 12.7. The molecule has 0 aliphatic rings. The Kier molecular flexibility index (Phi) is 6.80. The largest absolute Gasteiger partial charge is 0.378 e. The summed E-state index contributed by atoms with van der Waals surface area (Å²) in [5.74, 6) is -0.0732. The highest BCUT2D eigenvalue weighted by molar-refractivity contribution is 6.35. The van der Waals surface area contributed by atoms with Gasteiger partial charge in [-0.05, 0) is 30.3 Å². The maximum Gasteiger partial charge on any atom is 0.256 e. The molecule has 164 valence electrons. The Morgan fingerprint density at radius 2 is 1.72 bits per heavy atom. The second kappa shape index (κ2) is 9.53. The Balaban J connectivity index is 1.73. The van der Waals surface area contributed by atoms with Crippen molar-refractivity contribution >= 4 is 40.6 Å². The summed E-state index contributed by atoms with van der Waals surface area (Å²) in [6, 6.07) is 16.3. The Morgan fingerprint density at radius 1 is 1.03 bits per heavy atom. The third-order valence-corrected chi connectivity index (χ3v) is 5.01. The molecule has 0 aliphatic heterocycles. The number of nitrogens with zero attached hydrogens (tertiary/aromatic N) is 3. The minimum absolute atomic E-state index is 0.0932. The van der Waals surface area contributed by atoms with Gasteiger partial charge in [-0.1, -0.05) is 43.0 Å². The number of aryl methyl sites for hydroxylation is 1. The number of hydrogen-bond acceptors (Lipinski definition) is 4. The molecule has 1 aromatic heterocycles. The van der Waals surface area contributed by atoms with E-state index in [0.717, 1.165) is 11.3 Å². The summed E-state index contributed by atoms with van der Waals surface area (Å²) < 4.78 is 1.61. The van der Waals surface area contributed by atoms with Crippen molar-refractivity contribution in [1.82, 2.24) is 9.78 Å². The van der Waals surface area contributed by atoms with Gasteiger partial charge in [-0.25, -0.2) is 0 Å². The van der Waals surface area contributed by atoms with Crippen LogP contribution < -0.4 is 15.5 Å². The fourth-order valence-corrected chi connectivity index (χ4v) is 2.98. The molecule has 2 aromatic carbocycles. The van der Waals surface area contributed by atoms with E-state index >= 15 is 0 Å². The predicted octanol–water partition coefficient (Wildman–Crippen LogP) is 4.65. The monoisotopic (exact) mass is 449 g/mol. The maximum absolute atomic E-state index is 12.7. The van der Waals surface area contributed by atoms with Gasteiger partial charge in [0.15, 0.2) is 0 Å². The molecule has 3 rings (SSSR count). The molecule has 0 saturated heterocycles. The number of nitrogens with one attached hydrogen (secondary N) is 2. The van der Waals surface area contributed by atoms with Crippen LogP contribution in [-0.4, -0.2) is 35.7 Å². The highest BCUT2D eigenvalue weighted by Gasteiger charge is 2.13. The van der Waals surface area contributed by atoms with Crippen molar-refractivity contribution in [3.8, 4) is 11.3 Å². The molecule has 2 amide bonds. The number of benzene rings is 2. The van der Waals surface area contributed by atoms with E-state index in [2.05, 4.69) is 28.9 Å². The Bertz CT molecular complexity index is 1200. The van der Waals surface area contributed by atoms with E-state index in [4.69, 9.17) is 11.6 Å². The molecular formula is C24H24ClN5O2. The van der Waals surface area contributed by atoms with Crippen LogP contribution in [0.25, 0.3) is 11.3 Å². The second-order valence-electron chi connectivity index (χ2n) is 7.35. The molecule has 0 bridgehead atoms. The summed E-state index contributed by atoms with van der Waals surface area (Å²) in [7, 11) is 5.60. The fourth-order valence-electron chi connectivity index (χ4n) is 2.89. The SMILES string of the molecule is C=C(Cl)C(=C)C(=O)Nc1ccc(-c2cc(NC(=O)c3cccc(N(C)C)c3)n(C)n2)cc1. The van der Waals surface area contributed by atoms with Gasteiger partial charge in [0.25, 0.3) is 11.8 Å². The second-order valence-corrected chi connectivity index (χ2v) is 7.81. The van der Waals surface area contributed by atoms with Crippen LogP contribution in [0.3, 0.4) is 0 Å². The molecule has 2 N–H and O–H groups in total. The quantitative estimate of drug-likeness (QED) is 0.406. The van der Waals surface area contributed by atoms with Crippen molar-refractivity contribution in [1.29, 1.82) is 0 Å². The number of anilines is 3. The zero-order valence-electron chi connectivity index (χ0n) is 18.1. The minimum Gasteiger partial charge on any atom is -0.378 e.